The van der Waals surface area contributed by atoms with Gasteiger partial charge in [-0.3, -0.25) is 4.79 Å². The van der Waals surface area contributed by atoms with Gasteiger partial charge in [-0.25, -0.2) is 0 Å². The van der Waals surface area contributed by atoms with Crippen LogP contribution in [-0.4, -0.2) is 19.0 Å². The molecule has 0 fully saturated rings. The molecule has 0 amide bonds. The number of carbonyl (C=O) groups is 1. The molecule has 0 radical (unpaired) electrons. The molecular weight excluding hydrogens is 200 g/mol. The smallest absolute Gasteiger partial charge is 0.187 e. The van der Waals surface area contributed by atoms with Crippen molar-refractivity contribution in [2.75, 3.05) is 7.11 Å². The van der Waals surface area contributed by atoms with Gasteiger partial charge in [-0.1, -0.05) is 33.3 Å². The summed E-state index contributed by atoms with van der Waals surface area (Å²) in [6, 6.07) is 0. The topological polar surface area (TPSA) is 26.3 Å². The first-order valence-corrected chi connectivity index (χ1v) is 6.23. The lowest BCUT2D eigenvalue weighted by Crippen LogP contribution is -2.37. The largest absolute Gasteiger partial charge is 0.373 e. The Hall–Kier alpha value is -0.630. The Bertz CT molecular complexity index is 271. The van der Waals surface area contributed by atoms with Gasteiger partial charge in [0, 0.05) is 7.11 Å². The van der Waals surface area contributed by atoms with Crippen molar-refractivity contribution in [1.82, 2.24) is 0 Å². The van der Waals surface area contributed by atoms with Gasteiger partial charge >= 0.3 is 0 Å². The van der Waals surface area contributed by atoms with Crippen LogP contribution in [0.4, 0.5) is 0 Å². The predicted molar refractivity (Wildman–Crippen MR) is 66.4 cm³/mol. The maximum absolute atomic E-state index is 12.3. The number of ether oxygens (including phenoxy) is 1. The number of ketones is 1. The van der Waals surface area contributed by atoms with Gasteiger partial charge in [-0.05, 0) is 36.7 Å². The summed E-state index contributed by atoms with van der Waals surface area (Å²) >= 11 is 0. The summed E-state index contributed by atoms with van der Waals surface area (Å²) in [7, 11) is 1.63. The van der Waals surface area contributed by atoms with E-state index >= 15 is 0 Å². The molecule has 92 valence electrons. The third-order valence-corrected chi connectivity index (χ3v) is 3.12. The summed E-state index contributed by atoms with van der Waals surface area (Å²) in [5.41, 5.74) is 0.859. The molecule has 1 atom stereocenters. The Morgan fingerprint density at radius 3 is 2.56 bits per heavy atom. The van der Waals surface area contributed by atoms with Crippen LogP contribution in [0.15, 0.2) is 11.6 Å². The van der Waals surface area contributed by atoms with Crippen molar-refractivity contribution < 1.29 is 9.53 Å². The molecule has 0 spiro atoms. The Kier molecular flexibility index (Phi) is 4.72. The third-order valence-electron chi connectivity index (χ3n) is 3.12. The minimum Gasteiger partial charge on any atom is -0.373 e. The predicted octanol–water partition coefficient (Wildman–Crippen LogP) is 3.51. The van der Waals surface area contributed by atoms with Crippen LogP contribution < -0.4 is 0 Å². The molecule has 0 aliphatic heterocycles. The van der Waals surface area contributed by atoms with Crippen LogP contribution >= 0.6 is 0 Å². The van der Waals surface area contributed by atoms with Crippen LogP contribution in [-0.2, 0) is 9.53 Å². The fourth-order valence-electron chi connectivity index (χ4n) is 2.26. The molecule has 16 heavy (non-hydrogen) atoms. The van der Waals surface area contributed by atoms with Gasteiger partial charge in [0.1, 0.15) is 6.10 Å². The van der Waals surface area contributed by atoms with Gasteiger partial charge in [-0.2, -0.15) is 0 Å². The molecule has 1 unspecified atom stereocenters. The van der Waals surface area contributed by atoms with E-state index in [0.717, 1.165) is 24.8 Å². The zero-order valence-corrected chi connectivity index (χ0v) is 11.0. The normalized spacial score (nSPS) is 19.9. The number of Topliss-reactive ketones (excluding diaryl/α,β-unsaturated/α-hetero) is 1. The first-order chi connectivity index (χ1) is 7.46. The van der Waals surface area contributed by atoms with Crippen molar-refractivity contribution in [3.8, 4) is 0 Å². The molecule has 2 heteroatoms. The van der Waals surface area contributed by atoms with Crippen LogP contribution in [0.3, 0.4) is 0 Å². The Morgan fingerprint density at radius 2 is 2.00 bits per heavy atom. The minimum absolute atomic E-state index is 0.126. The molecule has 0 bridgehead atoms. The molecule has 1 rings (SSSR count). The van der Waals surface area contributed by atoms with E-state index in [2.05, 4.69) is 26.8 Å². The zero-order chi connectivity index (χ0) is 12.2. The molecule has 0 saturated heterocycles. The van der Waals surface area contributed by atoms with Crippen molar-refractivity contribution in [1.29, 1.82) is 0 Å². The van der Waals surface area contributed by atoms with E-state index in [1.165, 1.54) is 12.8 Å². The second kappa shape index (κ2) is 5.62. The number of carbonyl (C=O) groups excluding carboxylic acids is 1. The molecule has 0 heterocycles. The SMILES string of the molecule is COC(C(=O)C1=CCCCCC1)C(C)(C)C. The first-order valence-electron chi connectivity index (χ1n) is 6.23. The number of allylic oxidation sites excluding steroid dienone is 1. The molecule has 0 aromatic rings. The highest BCUT2D eigenvalue weighted by molar-refractivity contribution is 5.99. The van der Waals surface area contributed by atoms with Crippen LogP contribution in [0.1, 0.15) is 52.9 Å². The van der Waals surface area contributed by atoms with E-state index in [0.29, 0.717) is 0 Å². The van der Waals surface area contributed by atoms with E-state index in [4.69, 9.17) is 4.74 Å². The summed E-state index contributed by atoms with van der Waals surface area (Å²) < 4.78 is 5.38. The molecule has 0 aromatic carbocycles. The van der Waals surface area contributed by atoms with E-state index in [1.54, 1.807) is 7.11 Å². The fourth-order valence-corrected chi connectivity index (χ4v) is 2.26. The molecule has 0 N–H and O–H groups in total. The van der Waals surface area contributed by atoms with E-state index in [9.17, 15) is 4.79 Å². The lowest BCUT2D eigenvalue weighted by molar-refractivity contribution is -0.131. The average Bonchev–Trinajstić information content (AvgIpc) is 2.44. The standard InChI is InChI=1S/C14H24O2/c1-14(2,3)13(16-4)12(15)11-9-7-5-6-8-10-11/h9,13H,5-8,10H2,1-4H3. The summed E-state index contributed by atoms with van der Waals surface area (Å²) in [5, 5.41) is 0. The molecule has 2 nitrogen and oxygen atoms in total. The highest BCUT2D eigenvalue weighted by Gasteiger charge is 2.32. The van der Waals surface area contributed by atoms with Crippen molar-refractivity contribution in [3.63, 3.8) is 0 Å². The number of rotatable bonds is 3. The van der Waals surface area contributed by atoms with Crippen LogP contribution in [0.25, 0.3) is 0 Å². The second-order valence-electron chi connectivity index (χ2n) is 5.67. The van der Waals surface area contributed by atoms with E-state index in [-0.39, 0.29) is 17.3 Å². The molecule has 1 aliphatic carbocycles. The first kappa shape index (κ1) is 13.4. The third kappa shape index (κ3) is 3.44. The van der Waals surface area contributed by atoms with Crippen LogP contribution in [0.5, 0.6) is 0 Å². The van der Waals surface area contributed by atoms with Crippen LogP contribution in [0.2, 0.25) is 0 Å². The van der Waals surface area contributed by atoms with Crippen molar-refractivity contribution in [2.24, 2.45) is 5.41 Å². The zero-order valence-electron chi connectivity index (χ0n) is 11.0. The van der Waals surface area contributed by atoms with Gasteiger partial charge < -0.3 is 4.74 Å². The van der Waals surface area contributed by atoms with Crippen molar-refractivity contribution >= 4 is 5.78 Å². The van der Waals surface area contributed by atoms with E-state index < -0.39 is 0 Å². The van der Waals surface area contributed by atoms with Crippen molar-refractivity contribution in [3.05, 3.63) is 11.6 Å². The number of hydrogen-bond donors (Lipinski definition) is 0. The van der Waals surface area contributed by atoms with Gasteiger partial charge in [0.05, 0.1) is 0 Å². The lowest BCUT2D eigenvalue weighted by atomic mass is 9.83. The van der Waals surface area contributed by atoms with Gasteiger partial charge in [-0.15, -0.1) is 0 Å². The quantitative estimate of drug-likeness (QED) is 0.733. The van der Waals surface area contributed by atoms with E-state index in [1.807, 2.05) is 0 Å². The lowest BCUT2D eigenvalue weighted by Gasteiger charge is -2.28. The van der Waals surface area contributed by atoms with Crippen molar-refractivity contribution in [2.45, 2.75) is 59.0 Å². The molecule has 0 saturated carbocycles. The number of methoxy groups -OCH3 is 1. The van der Waals surface area contributed by atoms with Gasteiger partial charge in [0.15, 0.2) is 5.78 Å². The maximum atomic E-state index is 12.3. The Labute approximate surface area is 99.1 Å². The van der Waals surface area contributed by atoms with Crippen LogP contribution in [0, 0.1) is 5.41 Å². The maximum Gasteiger partial charge on any atom is 0.187 e. The monoisotopic (exact) mass is 224 g/mol. The Balaban J connectivity index is 2.78. The Morgan fingerprint density at radius 1 is 1.31 bits per heavy atom. The minimum atomic E-state index is -0.308. The van der Waals surface area contributed by atoms with Gasteiger partial charge in [0.25, 0.3) is 0 Å². The number of hydrogen-bond acceptors (Lipinski definition) is 2. The summed E-state index contributed by atoms with van der Waals surface area (Å²) in [5.74, 6) is 0.192. The summed E-state index contributed by atoms with van der Waals surface area (Å²) in [6.07, 6.45) is 7.36. The highest BCUT2D eigenvalue weighted by atomic mass is 16.5. The average molecular weight is 224 g/mol. The molecular formula is C14H24O2. The molecule has 1 aliphatic rings. The van der Waals surface area contributed by atoms with Gasteiger partial charge in [0.2, 0.25) is 0 Å². The summed E-state index contributed by atoms with van der Waals surface area (Å²) in [4.78, 5) is 12.3. The molecule has 0 aromatic heterocycles. The second-order valence-corrected chi connectivity index (χ2v) is 5.67. The fraction of sp³-hybridized carbons (Fsp3) is 0.786. The highest BCUT2D eigenvalue weighted by Crippen LogP contribution is 2.27. The summed E-state index contributed by atoms with van der Waals surface area (Å²) in [6.45, 7) is 6.16.